The van der Waals surface area contributed by atoms with Gasteiger partial charge < -0.3 is 4.90 Å². The van der Waals surface area contributed by atoms with E-state index in [0.717, 1.165) is 19.3 Å². The number of nitrogens with zero attached hydrogens (tertiary/aromatic N) is 1. The van der Waals surface area contributed by atoms with Crippen LogP contribution in [0.4, 0.5) is 0 Å². The molecule has 16 heavy (non-hydrogen) atoms. The third-order valence-corrected chi connectivity index (χ3v) is 3.39. The molecule has 0 aliphatic carbocycles. The van der Waals surface area contributed by atoms with Crippen molar-refractivity contribution in [2.45, 2.75) is 73.8 Å². The summed E-state index contributed by atoms with van der Waals surface area (Å²) in [6, 6.07) is 0.428. The predicted molar refractivity (Wildman–Crippen MR) is 72.6 cm³/mol. The highest BCUT2D eigenvalue weighted by Crippen LogP contribution is 2.35. The Balaban J connectivity index is 0. The molecule has 1 heterocycles. The van der Waals surface area contributed by atoms with Crippen molar-refractivity contribution >= 4 is 5.91 Å². The van der Waals surface area contributed by atoms with Crippen molar-refractivity contribution in [1.82, 2.24) is 4.90 Å². The highest BCUT2D eigenvalue weighted by atomic mass is 16.2. The first-order valence-corrected chi connectivity index (χ1v) is 6.78. The van der Waals surface area contributed by atoms with Crippen LogP contribution in [0.5, 0.6) is 0 Å². The second-order valence-corrected chi connectivity index (χ2v) is 4.22. The molecule has 0 aromatic heterocycles. The summed E-state index contributed by atoms with van der Waals surface area (Å²) in [5, 5.41) is 0. The molecule has 0 radical (unpaired) electrons. The number of carbonyl (C=O) groups excluding carboxylic acids is 1. The maximum atomic E-state index is 11.8. The molecule has 2 unspecified atom stereocenters. The minimum absolute atomic E-state index is 0.0821. The van der Waals surface area contributed by atoms with Crippen LogP contribution in [0, 0.1) is 5.41 Å². The third kappa shape index (κ3) is 4.15. The zero-order chi connectivity index (χ0) is 13.4. The zero-order valence-electron chi connectivity index (χ0n) is 12.6. The number of carbonyl (C=O) groups is 1. The summed E-state index contributed by atoms with van der Waals surface area (Å²) in [5.74, 6) is 0.323. The predicted octanol–water partition coefficient (Wildman–Crippen LogP) is 4.10. The average molecular weight is 229 g/mol. The summed E-state index contributed by atoms with van der Waals surface area (Å²) in [5.41, 5.74) is -0.0821. The van der Waals surface area contributed by atoms with E-state index in [4.69, 9.17) is 0 Å². The van der Waals surface area contributed by atoms with Crippen molar-refractivity contribution in [3.8, 4) is 0 Å². The van der Waals surface area contributed by atoms with Gasteiger partial charge in [0.15, 0.2) is 0 Å². The third-order valence-electron chi connectivity index (χ3n) is 3.39. The van der Waals surface area contributed by atoms with Gasteiger partial charge in [0.25, 0.3) is 0 Å². The van der Waals surface area contributed by atoms with Crippen LogP contribution in [0.3, 0.4) is 0 Å². The first-order chi connectivity index (χ1) is 7.51. The standard InChI is InChI=1S/C10H19NO.2C2H6/c1-5-10(3)7-6-8(2)11(4)9(10)12;2*1-2/h8H,5-7H2,1-4H3;2*1-2H3. The van der Waals surface area contributed by atoms with Gasteiger partial charge in [-0.3, -0.25) is 4.79 Å². The van der Waals surface area contributed by atoms with Gasteiger partial charge in [0, 0.05) is 18.5 Å². The normalized spacial score (nSPS) is 28.6. The molecule has 2 nitrogen and oxygen atoms in total. The molecule has 0 saturated carbocycles. The monoisotopic (exact) mass is 229 g/mol. The van der Waals surface area contributed by atoms with Gasteiger partial charge in [0.2, 0.25) is 5.91 Å². The summed E-state index contributed by atoms with van der Waals surface area (Å²) < 4.78 is 0. The first kappa shape index (κ1) is 17.9. The Morgan fingerprint density at radius 2 is 1.75 bits per heavy atom. The van der Waals surface area contributed by atoms with Gasteiger partial charge in [0.1, 0.15) is 0 Å². The molecule has 1 saturated heterocycles. The van der Waals surface area contributed by atoms with Gasteiger partial charge >= 0.3 is 0 Å². The summed E-state index contributed by atoms with van der Waals surface area (Å²) in [7, 11) is 1.92. The first-order valence-electron chi connectivity index (χ1n) is 6.78. The van der Waals surface area contributed by atoms with E-state index in [1.807, 2.05) is 39.6 Å². The van der Waals surface area contributed by atoms with Gasteiger partial charge in [-0.05, 0) is 26.2 Å². The molecular weight excluding hydrogens is 198 g/mol. The van der Waals surface area contributed by atoms with Gasteiger partial charge in [-0.15, -0.1) is 0 Å². The maximum Gasteiger partial charge on any atom is 0.228 e. The fourth-order valence-corrected chi connectivity index (χ4v) is 1.78. The maximum absolute atomic E-state index is 11.8. The van der Waals surface area contributed by atoms with E-state index < -0.39 is 0 Å². The van der Waals surface area contributed by atoms with Crippen LogP contribution in [0.1, 0.15) is 67.7 Å². The lowest BCUT2D eigenvalue weighted by atomic mass is 9.77. The van der Waals surface area contributed by atoms with Gasteiger partial charge in [-0.2, -0.15) is 0 Å². The smallest absolute Gasteiger partial charge is 0.228 e. The molecule has 2 heteroatoms. The number of amides is 1. The number of likely N-dealkylation sites (tertiary alicyclic amines) is 1. The van der Waals surface area contributed by atoms with Crippen LogP contribution in [0.2, 0.25) is 0 Å². The van der Waals surface area contributed by atoms with Gasteiger partial charge in [-0.1, -0.05) is 41.5 Å². The van der Waals surface area contributed by atoms with E-state index in [2.05, 4.69) is 20.8 Å². The number of hydrogen-bond acceptors (Lipinski definition) is 1. The fraction of sp³-hybridized carbons (Fsp3) is 0.929. The van der Waals surface area contributed by atoms with Crippen LogP contribution >= 0.6 is 0 Å². The van der Waals surface area contributed by atoms with Crippen molar-refractivity contribution in [3.63, 3.8) is 0 Å². The molecule has 1 aliphatic heterocycles. The highest BCUT2D eigenvalue weighted by molar-refractivity contribution is 5.83. The van der Waals surface area contributed by atoms with Crippen LogP contribution in [-0.4, -0.2) is 23.9 Å². The molecule has 0 aromatic carbocycles. The Morgan fingerprint density at radius 1 is 1.31 bits per heavy atom. The van der Waals surface area contributed by atoms with E-state index >= 15 is 0 Å². The summed E-state index contributed by atoms with van der Waals surface area (Å²) in [4.78, 5) is 13.7. The lowest BCUT2D eigenvalue weighted by Crippen LogP contribution is -2.49. The van der Waals surface area contributed by atoms with Gasteiger partial charge in [0.05, 0.1) is 0 Å². The van der Waals surface area contributed by atoms with Crippen LogP contribution in [-0.2, 0) is 4.79 Å². The number of piperidine rings is 1. The number of rotatable bonds is 1. The lowest BCUT2D eigenvalue weighted by Gasteiger charge is -2.41. The molecule has 0 aromatic rings. The highest BCUT2D eigenvalue weighted by Gasteiger charge is 2.39. The summed E-state index contributed by atoms with van der Waals surface area (Å²) in [6.07, 6.45) is 3.16. The molecule has 0 bridgehead atoms. The summed E-state index contributed by atoms with van der Waals surface area (Å²) in [6.45, 7) is 14.3. The van der Waals surface area contributed by atoms with Crippen molar-refractivity contribution in [2.24, 2.45) is 5.41 Å². The van der Waals surface area contributed by atoms with Crippen molar-refractivity contribution in [2.75, 3.05) is 7.05 Å². The molecule has 1 rings (SSSR count). The van der Waals surface area contributed by atoms with E-state index in [-0.39, 0.29) is 5.41 Å². The average Bonchev–Trinajstić information content (AvgIpc) is 2.37. The second-order valence-electron chi connectivity index (χ2n) is 4.22. The largest absolute Gasteiger partial charge is 0.343 e. The Bertz CT molecular complexity index is 191. The van der Waals surface area contributed by atoms with Crippen LogP contribution in [0.15, 0.2) is 0 Å². The molecule has 1 aliphatic rings. The number of hydrogen-bond donors (Lipinski definition) is 0. The minimum atomic E-state index is -0.0821. The van der Waals surface area contributed by atoms with Gasteiger partial charge in [-0.25, -0.2) is 0 Å². The second kappa shape index (κ2) is 8.60. The van der Waals surface area contributed by atoms with Crippen molar-refractivity contribution in [3.05, 3.63) is 0 Å². The Labute approximate surface area is 102 Å². The molecular formula is C14H31NO. The van der Waals surface area contributed by atoms with Crippen molar-refractivity contribution in [1.29, 1.82) is 0 Å². The molecule has 0 spiro atoms. The van der Waals surface area contributed by atoms with Crippen LogP contribution in [0.25, 0.3) is 0 Å². The van der Waals surface area contributed by atoms with Crippen LogP contribution < -0.4 is 0 Å². The zero-order valence-corrected chi connectivity index (χ0v) is 12.6. The Kier molecular flexibility index (Phi) is 9.60. The molecule has 98 valence electrons. The topological polar surface area (TPSA) is 20.3 Å². The summed E-state index contributed by atoms with van der Waals surface area (Å²) >= 11 is 0. The fourth-order valence-electron chi connectivity index (χ4n) is 1.78. The Hall–Kier alpha value is -0.530. The van der Waals surface area contributed by atoms with E-state index in [1.54, 1.807) is 0 Å². The lowest BCUT2D eigenvalue weighted by molar-refractivity contribution is -0.146. The van der Waals surface area contributed by atoms with Crippen molar-refractivity contribution < 1.29 is 4.79 Å². The van der Waals surface area contributed by atoms with E-state index in [1.165, 1.54) is 0 Å². The minimum Gasteiger partial charge on any atom is -0.343 e. The Morgan fingerprint density at radius 3 is 2.12 bits per heavy atom. The molecule has 1 amide bonds. The molecule has 2 atom stereocenters. The molecule has 0 N–H and O–H groups in total. The van der Waals surface area contributed by atoms with E-state index in [9.17, 15) is 4.79 Å². The van der Waals surface area contributed by atoms with E-state index in [0.29, 0.717) is 11.9 Å². The SMILES string of the molecule is CC.CC.CCC1(C)CCC(C)N(C)C1=O. The quantitative estimate of drug-likeness (QED) is 0.663. The molecule has 1 fully saturated rings.